The SMILES string of the molecule is CCCNC(=O)[C@H](C)N(CCc1ccccc1)C(=O)CN(c1ccc(C(C)C)cc1)S(=O)(=O)c1ccc(C)cc1. The number of hydrogen-bond acceptors (Lipinski definition) is 4. The van der Waals surface area contributed by atoms with Crippen molar-refractivity contribution in [1.29, 1.82) is 0 Å². The van der Waals surface area contributed by atoms with Crippen LogP contribution in [-0.2, 0) is 26.0 Å². The van der Waals surface area contributed by atoms with E-state index in [-0.39, 0.29) is 23.3 Å². The Hall–Kier alpha value is -3.65. The number of amides is 2. The van der Waals surface area contributed by atoms with Crippen LogP contribution in [0.4, 0.5) is 5.69 Å². The zero-order chi connectivity index (χ0) is 29.3. The molecule has 214 valence electrons. The lowest BCUT2D eigenvalue weighted by atomic mass is 10.0. The van der Waals surface area contributed by atoms with E-state index in [9.17, 15) is 18.0 Å². The molecular weight excluding hydrogens is 522 g/mol. The number of benzene rings is 3. The molecule has 3 aromatic carbocycles. The van der Waals surface area contributed by atoms with Gasteiger partial charge >= 0.3 is 0 Å². The van der Waals surface area contributed by atoms with Gasteiger partial charge in [0.25, 0.3) is 10.0 Å². The largest absolute Gasteiger partial charge is 0.354 e. The molecule has 8 heteroatoms. The third-order valence-electron chi connectivity index (χ3n) is 6.94. The number of hydrogen-bond donors (Lipinski definition) is 1. The Morgan fingerprint density at radius 3 is 2.08 bits per heavy atom. The first-order valence-corrected chi connectivity index (χ1v) is 15.3. The maximum Gasteiger partial charge on any atom is 0.264 e. The second-order valence-electron chi connectivity index (χ2n) is 10.4. The van der Waals surface area contributed by atoms with E-state index < -0.39 is 28.5 Å². The first kappa shape index (κ1) is 30.9. The molecule has 0 aliphatic heterocycles. The molecule has 2 amide bonds. The van der Waals surface area contributed by atoms with Crippen LogP contribution in [0.5, 0.6) is 0 Å². The number of nitrogens with one attached hydrogen (secondary N) is 1. The molecule has 7 nitrogen and oxygen atoms in total. The van der Waals surface area contributed by atoms with E-state index in [1.54, 1.807) is 43.3 Å². The number of sulfonamides is 1. The van der Waals surface area contributed by atoms with E-state index >= 15 is 0 Å². The van der Waals surface area contributed by atoms with Gasteiger partial charge in [-0.2, -0.15) is 0 Å². The van der Waals surface area contributed by atoms with Crippen LogP contribution in [0.25, 0.3) is 0 Å². The van der Waals surface area contributed by atoms with Crippen molar-refractivity contribution in [2.75, 3.05) is 23.9 Å². The summed E-state index contributed by atoms with van der Waals surface area (Å²) in [6, 6.07) is 22.8. The summed E-state index contributed by atoms with van der Waals surface area (Å²) >= 11 is 0. The molecule has 0 spiro atoms. The lowest BCUT2D eigenvalue weighted by Gasteiger charge is -2.32. The van der Waals surface area contributed by atoms with Crippen molar-refractivity contribution in [3.63, 3.8) is 0 Å². The fourth-order valence-corrected chi connectivity index (χ4v) is 5.77. The van der Waals surface area contributed by atoms with E-state index in [4.69, 9.17) is 0 Å². The van der Waals surface area contributed by atoms with Gasteiger partial charge in [0.2, 0.25) is 11.8 Å². The molecule has 0 fully saturated rings. The fraction of sp³-hybridized carbons (Fsp3) is 0.375. The van der Waals surface area contributed by atoms with Crippen LogP contribution in [0.2, 0.25) is 0 Å². The Labute approximate surface area is 239 Å². The Balaban J connectivity index is 1.98. The molecule has 0 aromatic heterocycles. The predicted molar refractivity (Wildman–Crippen MR) is 161 cm³/mol. The molecule has 3 rings (SSSR count). The Morgan fingerprint density at radius 2 is 1.50 bits per heavy atom. The molecule has 1 N–H and O–H groups in total. The number of aryl methyl sites for hydroxylation is 1. The lowest BCUT2D eigenvalue weighted by molar-refractivity contribution is -0.138. The van der Waals surface area contributed by atoms with E-state index in [1.807, 2.05) is 56.3 Å². The van der Waals surface area contributed by atoms with Crippen LogP contribution in [0.3, 0.4) is 0 Å². The minimum Gasteiger partial charge on any atom is -0.354 e. The maximum atomic E-state index is 13.9. The molecule has 0 radical (unpaired) electrons. The summed E-state index contributed by atoms with van der Waals surface area (Å²) in [4.78, 5) is 28.4. The van der Waals surface area contributed by atoms with E-state index in [0.717, 1.165) is 27.4 Å². The van der Waals surface area contributed by atoms with Crippen molar-refractivity contribution in [3.8, 4) is 0 Å². The number of carbonyl (C=O) groups excluding carboxylic acids is 2. The highest BCUT2D eigenvalue weighted by Crippen LogP contribution is 2.26. The van der Waals surface area contributed by atoms with Gasteiger partial charge in [-0.25, -0.2) is 8.42 Å². The second kappa shape index (κ2) is 14.1. The van der Waals surface area contributed by atoms with E-state index in [1.165, 1.54) is 4.90 Å². The number of rotatable bonds is 13. The van der Waals surface area contributed by atoms with Gasteiger partial charge in [0.05, 0.1) is 10.6 Å². The summed E-state index contributed by atoms with van der Waals surface area (Å²) in [6.45, 7) is 10.00. The second-order valence-corrected chi connectivity index (χ2v) is 12.2. The Kier molecular flexibility index (Phi) is 10.9. The summed E-state index contributed by atoms with van der Waals surface area (Å²) in [5.74, 6) is -0.440. The monoisotopic (exact) mass is 563 g/mol. The molecule has 0 unspecified atom stereocenters. The third-order valence-corrected chi connectivity index (χ3v) is 8.72. The van der Waals surface area contributed by atoms with Crippen molar-refractivity contribution in [2.24, 2.45) is 0 Å². The zero-order valence-electron chi connectivity index (χ0n) is 24.1. The van der Waals surface area contributed by atoms with Gasteiger partial charge in [0.1, 0.15) is 12.6 Å². The molecule has 1 atom stereocenters. The van der Waals surface area contributed by atoms with Gasteiger partial charge in [-0.1, -0.05) is 80.9 Å². The highest BCUT2D eigenvalue weighted by atomic mass is 32.2. The molecule has 0 aliphatic carbocycles. The minimum atomic E-state index is -4.07. The summed E-state index contributed by atoms with van der Waals surface area (Å²) < 4.78 is 29.0. The van der Waals surface area contributed by atoms with E-state index in [0.29, 0.717) is 18.7 Å². The summed E-state index contributed by atoms with van der Waals surface area (Å²) in [5, 5.41) is 2.86. The molecular formula is C32H41N3O4S. The quantitative estimate of drug-likeness (QED) is 0.306. The van der Waals surface area contributed by atoms with Crippen LogP contribution >= 0.6 is 0 Å². The zero-order valence-corrected chi connectivity index (χ0v) is 24.9. The predicted octanol–water partition coefficient (Wildman–Crippen LogP) is 5.30. The first-order chi connectivity index (χ1) is 19.0. The molecule has 0 bridgehead atoms. The van der Waals surface area contributed by atoms with Gasteiger partial charge in [-0.3, -0.25) is 13.9 Å². The molecule has 0 heterocycles. The van der Waals surface area contributed by atoms with Crippen molar-refractivity contribution < 1.29 is 18.0 Å². The smallest absolute Gasteiger partial charge is 0.264 e. The summed E-state index contributed by atoms with van der Waals surface area (Å²) in [5.41, 5.74) is 3.41. The van der Waals surface area contributed by atoms with Gasteiger partial charge in [0, 0.05) is 13.1 Å². The molecule has 0 saturated carbocycles. The highest BCUT2D eigenvalue weighted by Gasteiger charge is 2.32. The van der Waals surface area contributed by atoms with Crippen LogP contribution < -0.4 is 9.62 Å². The fourth-order valence-electron chi connectivity index (χ4n) is 4.36. The average molecular weight is 564 g/mol. The first-order valence-electron chi connectivity index (χ1n) is 13.8. The molecule has 3 aromatic rings. The van der Waals surface area contributed by atoms with Crippen LogP contribution in [0.15, 0.2) is 83.8 Å². The van der Waals surface area contributed by atoms with Gasteiger partial charge in [-0.15, -0.1) is 0 Å². The van der Waals surface area contributed by atoms with Gasteiger partial charge in [0.15, 0.2) is 0 Å². The molecule has 0 aliphatic rings. The average Bonchev–Trinajstić information content (AvgIpc) is 2.95. The van der Waals surface area contributed by atoms with Crippen molar-refractivity contribution in [2.45, 2.75) is 64.3 Å². The van der Waals surface area contributed by atoms with Crippen LogP contribution in [0, 0.1) is 6.92 Å². The normalized spacial score (nSPS) is 12.2. The van der Waals surface area contributed by atoms with Gasteiger partial charge in [-0.05, 0) is 68.0 Å². The van der Waals surface area contributed by atoms with E-state index in [2.05, 4.69) is 19.2 Å². The lowest BCUT2D eigenvalue weighted by Crippen LogP contribution is -2.52. The molecule has 40 heavy (non-hydrogen) atoms. The number of anilines is 1. The number of carbonyl (C=O) groups is 2. The van der Waals surface area contributed by atoms with Crippen molar-refractivity contribution in [3.05, 3.63) is 95.6 Å². The van der Waals surface area contributed by atoms with Crippen LogP contribution in [-0.4, -0.2) is 50.8 Å². The highest BCUT2D eigenvalue weighted by molar-refractivity contribution is 7.92. The number of nitrogens with zero attached hydrogens (tertiary/aromatic N) is 2. The standard InChI is InChI=1S/C32H41N3O4S/c1-6-21-33-32(37)26(5)34(22-20-27-10-8-7-9-11-27)31(36)23-35(29-16-14-28(15-17-29)24(2)3)40(38,39)30-18-12-25(4)13-19-30/h7-19,24,26H,6,20-23H2,1-5H3,(H,33,37)/t26-/m0/s1. The maximum absolute atomic E-state index is 13.9. The Bertz CT molecular complexity index is 1360. The summed E-state index contributed by atoms with van der Waals surface area (Å²) in [7, 11) is -4.07. The van der Waals surface area contributed by atoms with Crippen molar-refractivity contribution >= 4 is 27.5 Å². The minimum absolute atomic E-state index is 0.100. The van der Waals surface area contributed by atoms with Crippen LogP contribution in [0.1, 0.15) is 56.7 Å². The van der Waals surface area contributed by atoms with Crippen molar-refractivity contribution in [1.82, 2.24) is 10.2 Å². The Morgan fingerprint density at radius 1 is 0.875 bits per heavy atom. The third kappa shape index (κ3) is 7.94. The summed E-state index contributed by atoms with van der Waals surface area (Å²) in [6.07, 6.45) is 1.30. The van der Waals surface area contributed by atoms with Gasteiger partial charge < -0.3 is 10.2 Å². The molecule has 0 saturated heterocycles. The topological polar surface area (TPSA) is 86.8 Å².